The van der Waals surface area contributed by atoms with Gasteiger partial charge in [-0.1, -0.05) is 17.7 Å². The van der Waals surface area contributed by atoms with E-state index in [9.17, 15) is 9.59 Å². The maximum atomic E-state index is 11.5. The Kier molecular flexibility index (Phi) is 7.85. The Bertz CT molecular complexity index is 534. The molecule has 0 heterocycles. The number of anilines is 1. The molecule has 6 nitrogen and oxygen atoms in total. The lowest BCUT2D eigenvalue weighted by atomic mass is 10.3. The number of carbonyl (C=O) groups is 2. The van der Waals surface area contributed by atoms with Crippen molar-refractivity contribution >= 4 is 29.2 Å². The van der Waals surface area contributed by atoms with Crippen molar-refractivity contribution in [1.29, 1.82) is 0 Å². The van der Waals surface area contributed by atoms with E-state index in [1.165, 1.54) is 0 Å². The third-order valence-corrected chi connectivity index (χ3v) is 2.85. The molecule has 0 aromatic heterocycles. The second-order valence-corrected chi connectivity index (χ2v) is 4.71. The Hall–Kier alpha value is -2.21. The molecule has 1 amide bonds. The first-order valence-electron chi connectivity index (χ1n) is 6.67. The number of carbonyl (C=O) groups excluding carboxylic acids is 2. The summed E-state index contributed by atoms with van der Waals surface area (Å²) in [5.41, 5.74) is 0.687. The van der Waals surface area contributed by atoms with Gasteiger partial charge in [-0.25, -0.2) is 0 Å². The van der Waals surface area contributed by atoms with Crippen LogP contribution in [0.5, 0.6) is 5.75 Å². The van der Waals surface area contributed by atoms with Crippen molar-refractivity contribution in [2.45, 2.75) is 6.42 Å². The number of rotatable bonds is 9. The number of amides is 1. The van der Waals surface area contributed by atoms with E-state index in [4.69, 9.17) is 21.1 Å². The lowest BCUT2D eigenvalue weighted by Crippen LogP contribution is -2.29. The maximum Gasteiger partial charge on any atom is 0.308 e. The highest BCUT2D eigenvalue weighted by molar-refractivity contribution is 6.30. The van der Waals surface area contributed by atoms with Crippen molar-refractivity contribution in [1.82, 2.24) is 5.32 Å². The zero-order valence-electron chi connectivity index (χ0n) is 12.4. The minimum atomic E-state index is -0.470. The van der Waals surface area contributed by atoms with E-state index < -0.39 is 5.97 Å². The van der Waals surface area contributed by atoms with Crippen LogP contribution in [-0.4, -0.2) is 38.7 Å². The summed E-state index contributed by atoms with van der Waals surface area (Å²) in [5.74, 6) is -0.207. The van der Waals surface area contributed by atoms with Gasteiger partial charge >= 0.3 is 5.97 Å². The molecule has 0 aliphatic carbocycles. The quantitative estimate of drug-likeness (QED) is 0.536. The van der Waals surface area contributed by atoms with Crippen molar-refractivity contribution in [3.8, 4) is 5.75 Å². The molecule has 0 aliphatic rings. The van der Waals surface area contributed by atoms with Gasteiger partial charge in [-0.2, -0.15) is 0 Å². The average Bonchev–Trinajstić information content (AvgIpc) is 2.51. The van der Waals surface area contributed by atoms with E-state index in [1.807, 2.05) is 0 Å². The van der Waals surface area contributed by atoms with E-state index in [2.05, 4.69) is 17.2 Å². The van der Waals surface area contributed by atoms with Crippen molar-refractivity contribution < 1.29 is 19.1 Å². The van der Waals surface area contributed by atoms with Crippen molar-refractivity contribution in [3.05, 3.63) is 35.9 Å². The largest absolute Gasteiger partial charge is 0.495 e. The van der Waals surface area contributed by atoms with Crippen LogP contribution in [0.1, 0.15) is 6.42 Å². The van der Waals surface area contributed by atoms with E-state index in [-0.39, 0.29) is 18.9 Å². The highest BCUT2D eigenvalue weighted by Crippen LogP contribution is 2.27. The Labute approximate surface area is 134 Å². The SMILES string of the molecule is C=CCNC(=O)COC(=O)CCNc1cc(Cl)ccc1OC. The fourth-order valence-electron chi connectivity index (χ4n) is 1.57. The van der Waals surface area contributed by atoms with Crippen LogP contribution in [0.2, 0.25) is 5.02 Å². The summed E-state index contributed by atoms with van der Waals surface area (Å²) in [4.78, 5) is 22.8. The number of benzene rings is 1. The lowest BCUT2D eigenvalue weighted by Gasteiger charge is -2.11. The molecular formula is C15H19ClN2O4. The summed E-state index contributed by atoms with van der Waals surface area (Å²) in [5, 5.41) is 6.10. The monoisotopic (exact) mass is 326 g/mol. The normalized spacial score (nSPS) is 9.73. The van der Waals surface area contributed by atoms with Gasteiger partial charge in [-0.15, -0.1) is 6.58 Å². The second-order valence-electron chi connectivity index (χ2n) is 4.27. The van der Waals surface area contributed by atoms with Crippen LogP contribution < -0.4 is 15.4 Å². The summed E-state index contributed by atoms with van der Waals surface area (Å²) in [7, 11) is 1.55. The average molecular weight is 327 g/mol. The standard InChI is InChI=1S/C15H19ClN2O4/c1-3-7-18-14(19)10-22-15(20)6-8-17-12-9-11(16)4-5-13(12)21-2/h3-5,9,17H,1,6-8,10H2,2H3,(H,18,19). The molecule has 1 rings (SSSR count). The van der Waals surface area contributed by atoms with Gasteiger partial charge in [-0.3, -0.25) is 9.59 Å². The van der Waals surface area contributed by atoms with Crippen molar-refractivity contribution in [3.63, 3.8) is 0 Å². The molecule has 0 unspecified atom stereocenters. The summed E-state index contributed by atoms with van der Waals surface area (Å²) in [6.07, 6.45) is 1.66. The summed E-state index contributed by atoms with van der Waals surface area (Å²) in [6, 6.07) is 5.14. The third kappa shape index (κ3) is 6.49. The lowest BCUT2D eigenvalue weighted by molar-refractivity contribution is -0.148. The van der Waals surface area contributed by atoms with Gasteiger partial charge in [0.1, 0.15) is 5.75 Å². The summed E-state index contributed by atoms with van der Waals surface area (Å²) >= 11 is 5.90. The molecule has 2 N–H and O–H groups in total. The molecule has 0 atom stereocenters. The maximum absolute atomic E-state index is 11.5. The molecule has 0 fully saturated rings. The number of hydrogen-bond donors (Lipinski definition) is 2. The molecule has 120 valence electrons. The van der Waals surface area contributed by atoms with E-state index in [1.54, 1.807) is 31.4 Å². The topological polar surface area (TPSA) is 76.7 Å². The molecule has 0 aliphatic heterocycles. The molecular weight excluding hydrogens is 308 g/mol. The summed E-state index contributed by atoms with van der Waals surface area (Å²) < 4.78 is 10.0. The van der Waals surface area contributed by atoms with Crippen LogP contribution in [0.15, 0.2) is 30.9 Å². The Morgan fingerprint density at radius 3 is 2.86 bits per heavy atom. The Morgan fingerprint density at radius 1 is 1.41 bits per heavy atom. The van der Waals surface area contributed by atoms with Crippen LogP contribution in [-0.2, 0) is 14.3 Å². The zero-order valence-corrected chi connectivity index (χ0v) is 13.1. The molecule has 0 saturated carbocycles. The fourth-order valence-corrected chi connectivity index (χ4v) is 1.74. The third-order valence-electron chi connectivity index (χ3n) is 2.61. The van der Waals surface area contributed by atoms with Gasteiger partial charge in [0.25, 0.3) is 5.91 Å². The predicted molar refractivity (Wildman–Crippen MR) is 85.3 cm³/mol. The minimum Gasteiger partial charge on any atom is -0.495 e. The Morgan fingerprint density at radius 2 is 2.18 bits per heavy atom. The Balaban J connectivity index is 2.32. The van der Waals surface area contributed by atoms with Gasteiger partial charge in [0.2, 0.25) is 0 Å². The van der Waals surface area contributed by atoms with Crippen molar-refractivity contribution in [2.24, 2.45) is 0 Å². The number of nitrogens with one attached hydrogen (secondary N) is 2. The number of ether oxygens (including phenoxy) is 2. The van der Waals surface area contributed by atoms with Crippen LogP contribution >= 0.6 is 11.6 Å². The van der Waals surface area contributed by atoms with Crippen molar-refractivity contribution in [2.75, 3.05) is 32.1 Å². The smallest absolute Gasteiger partial charge is 0.308 e. The molecule has 7 heteroatoms. The molecule has 0 saturated heterocycles. The van der Waals surface area contributed by atoms with Gasteiger partial charge < -0.3 is 20.1 Å². The molecule has 0 radical (unpaired) electrons. The highest BCUT2D eigenvalue weighted by Gasteiger charge is 2.08. The first kappa shape index (κ1) is 17.8. The molecule has 22 heavy (non-hydrogen) atoms. The number of methoxy groups -OCH3 is 1. The van der Waals surface area contributed by atoms with Crippen LogP contribution in [0.4, 0.5) is 5.69 Å². The zero-order chi connectivity index (χ0) is 16.4. The van der Waals surface area contributed by atoms with Gasteiger partial charge in [0, 0.05) is 18.1 Å². The summed E-state index contributed by atoms with van der Waals surface area (Å²) in [6.45, 7) is 3.85. The van der Waals surface area contributed by atoms with Crippen LogP contribution in [0, 0.1) is 0 Å². The molecule has 1 aromatic rings. The molecule has 1 aromatic carbocycles. The van der Waals surface area contributed by atoms with Gasteiger partial charge in [0.15, 0.2) is 6.61 Å². The number of hydrogen-bond acceptors (Lipinski definition) is 5. The van der Waals surface area contributed by atoms with Gasteiger partial charge in [-0.05, 0) is 18.2 Å². The predicted octanol–water partition coefficient (Wildman–Crippen LogP) is 2.00. The molecule has 0 bridgehead atoms. The number of esters is 1. The number of halogens is 1. The van der Waals surface area contributed by atoms with Crippen LogP contribution in [0.25, 0.3) is 0 Å². The van der Waals surface area contributed by atoms with Gasteiger partial charge in [0.05, 0.1) is 19.2 Å². The second kappa shape index (κ2) is 9.68. The van der Waals surface area contributed by atoms with E-state index >= 15 is 0 Å². The first-order chi connectivity index (χ1) is 10.6. The first-order valence-corrected chi connectivity index (χ1v) is 7.05. The minimum absolute atomic E-state index is 0.115. The fraction of sp³-hybridized carbons (Fsp3) is 0.333. The van der Waals surface area contributed by atoms with E-state index in [0.717, 1.165) is 0 Å². The van der Waals surface area contributed by atoms with Crippen LogP contribution in [0.3, 0.4) is 0 Å². The molecule has 0 spiro atoms. The van der Waals surface area contributed by atoms with E-state index in [0.29, 0.717) is 29.5 Å². The highest BCUT2D eigenvalue weighted by atomic mass is 35.5.